The molecule has 2 aromatic heterocycles. The van der Waals surface area contributed by atoms with Gasteiger partial charge in [0.15, 0.2) is 0 Å². The fourth-order valence-electron chi connectivity index (χ4n) is 5.51. The second-order valence-electron chi connectivity index (χ2n) is 10.7. The summed E-state index contributed by atoms with van der Waals surface area (Å²) in [7, 11) is 0. The lowest BCUT2D eigenvalue weighted by molar-refractivity contribution is -0.0640. The molecule has 37 heavy (non-hydrogen) atoms. The van der Waals surface area contributed by atoms with Gasteiger partial charge in [-0.3, -0.25) is 4.68 Å². The second kappa shape index (κ2) is 9.73. The highest BCUT2D eigenvalue weighted by Gasteiger charge is 2.37. The topological polar surface area (TPSA) is 73.3 Å². The van der Waals surface area contributed by atoms with E-state index in [0.717, 1.165) is 53.5 Å². The number of nitrogens with zero attached hydrogens (tertiary/aromatic N) is 3. The van der Waals surface area contributed by atoms with Crippen molar-refractivity contribution in [2.24, 2.45) is 0 Å². The lowest BCUT2D eigenvalue weighted by Gasteiger charge is -2.36. The molecule has 1 N–H and O–H groups in total. The van der Waals surface area contributed by atoms with Gasteiger partial charge >= 0.3 is 0 Å². The van der Waals surface area contributed by atoms with Gasteiger partial charge in [-0.05, 0) is 76.1 Å². The molecule has 0 saturated heterocycles. The molecule has 194 valence electrons. The Morgan fingerprint density at radius 3 is 2.51 bits per heavy atom. The van der Waals surface area contributed by atoms with Crippen LogP contribution in [-0.2, 0) is 16.9 Å². The zero-order valence-electron chi connectivity index (χ0n) is 21.1. The van der Waals surface area contributed by atoms with E-state index in [0.29, 0.717) is 46.7 Å². The van der Waals surface area contributed by atoms with E-state index >= 15 is 0 Å². The van der Waals surface area contributed by atoms with Crippen LogP contribution >= 0.6 is 23.2 Å². The highest BCUT2D eigenvalue weighted by Crippen LogP contribution is 2.46. The van der Waals surface area contributed by atoms with Gasteiger partial charge in [-0.1, -0.05) is 46.6 Å². The number of hydrogen-bond donors (Lipinski definition) is 1. The van der Waals surface area contributed by atoms with Crippen molar-refractivity contribution in [3.05, 3.63) is 69.5 Å². The third kappa shape index (κ3) is 4.69. The lowest BCUT2D eigenvalue weighted by Crippen LogP contribution is -2.34. The summed E-state index contributed by atoms with van der Waals surface area (Å²) in [5.41, 5.74) is 3.43. The molecule has 2 heterocycles. The van der Waals surface area contributed by atoms with Crippen LogP contribution in [0.2, 0.25) is 10.0 Å². The molecule has 0 spiro atoms. The summed E-state index contributed by atoms with van der Waals surface area (Å²) in [6, 6.07) is 11.9. The van der Waals surface area contributed by atoms with Crippen LogP contribution in [0, 0.1) is 0 Å². The Balaban J connectivity index is 1.18. The van der Waals surface area contributed by atoms with E-state index < -0.39 is 5.60 Å². The van der Waals surface area contributed by atoms with E-state index in [1.807, 2.05) is 35.1 Å². The Hall–Kier alpha value is -2.38. The number of hydrogen-bond acceptors (Lipinski definition) is 5. The van der Waals surface area contributed by atoms with Crippen LogP contribution in [0.25, 0.3) is 22.2 Å². The molecule has 2 aromatic carbocycles. The molecule has 0 atom stereocenters. The van der Waals surface area contributed by atoms with Crippen molar-refractivity contribution in [3.63, 3.8) is 0 Å². The SMILES string of the molecule is CC(C)n1ncc2ccc(C3(O)CCC(OCc4c(-c5c(Cl)cccc5Cl)noc4C4CC4)CC3)cc21. The molecule has 0 unspecified atom stereocenters. The van der Waals surface area contributed by atoms with Crippen molar-refractivity contribution < 1.29 is 14.4 Å². The van der Waals surface area contributed by atoms with Gasteiger partial charge in [-0.2, -0.15) is 5.10 Å². The zero-order valence-corrected chi connectivity index (χ0v) is 22.6. The number of rotatable bonds is 7. The van der Waals surface area contributed by atoms with Crippen molar-refractivity contribution in [1.82, 2.24) is 14.9 Å². The average molecular weight is 540 g/mol. The van der Waals surface area contributed by atoms with Crippen LogP contribution in [0.3, 0.4) is 0 Å². The number of aromatic nitrogens is 3. The molecule has 0 amide bonds. The summed E-state index contributed by atoms with van der Waals surface area (Å²) in [6.45, 7) is 4.62. The summed E-state index contributed by atoms with van der Waals surface area (Å²) < 4.78 is 14.2. The van der Waals surface area contributed by atoms with Crippen molar-refractivity contribution in [2.75, 3.05) is 0 Å². The van der Waals surface area contributed by atoms with Gasteiger partial charge in [0, 0.05) is 28.5 Å². The monoisotopic (exact) mass is 539 g/mol. The van der Waals surface area contributed by atoms with Crippen LogP contribution in [0.1, 0.15) is 81.2 Å². The number of benzene rings is 2. The molecular formula is C29H31Cl2N3O3. The van der Waals surface area contributed by atoms with E-state index in [4.69, 9.17) is 32.5 Å². The summed E-state index contributed by atoms with van der Waals surface area (Å²) in [6.07, 6.45) is 6.93. The van der Waals surface area contributed by atoms with Crippen molar-refractivity contribution in [3.8, 4) is 11.3 Å². The molecule has 6 nitrogen and oxygen atoms in total. The number of halogens is 2. The van der Waals surface area contributed by atoms with Gasteiger partial charge in [0.25, 0.3) is 0 Å². The summed E-state index contributed by atoms with van der Waals surface area (Å²) in [5, 5.41) is 22.6. The fraction of sp³-hybridized carbons (Fsp3) is 0.448. The Morgan fingerprint density at radius 2 is 1.84 bits per heavy atom. The molecule has 0 aliphatic heterocycles. The molecule has 8 heteroatoms. The number of fused-ring (bicyclic) bond motifs is 1. The minimum Gasteiger partial charge on any atom is -0.385 e. The molecule has 4 aromatic rings. The predicted molar refractivity (Wildman–Crippen MR) is 145 cm³/mol. The molecule has 6 rings (SSSR count). The van der Waals surface area contributed by atoms with Crippen LogP contribution in [-0.4, -0.2) is 26.1 Å². The maximum Gasteiger partial charge on any atom is 0.145 e. The maximum absolute atomic E-state index is 11.6. The lowest BCUT2D eigenvalue weighted by atomic mass is 9.78. The molecule has 2 fully saturated rings. The van der Waals surface area contributed by atoms with Gasteiger partial charge in [0.05, 0.1) is 40.1 Å². The normalized spacial score (nSPS) is 22.3. The minimum atomic E-state index is -0.868. The molecule has 2 saturated carbocycles. The maximum atomic E-state index is 11.6. The number of ether oxygens (including phenoxy) is 1. The first-order valence-corrected chi connectivity index (χ1v) is 13.8. The van der Waals surface area contributed by atoms with Crippen molar-refractivity contribution >= 4 is 34.1 Å². The van der Waals surface area contributed by atoms with E-state index in [1.165, 1.54) is 0 Å². The van der Waals surface area contributed by atoms with Crippen LogP contribution in [0.4, 0.5) is 0 Å². The molecule has 2 aliphatic rings. The van der Waals surface area contributed by atoms with E-state index in [-0.39, 0.29) is 12.1 Å². The number of aliphatic hydroxyl groups is 1. The van der Waals surface area contributed by atoms with Gasteiger partial charge in [-0.15, -0.1) is 0 Å². The summed E-state index contributed by atoms with van der Waals surface area (Å²) >= 11 is 13.0. The molecular weight excluding hydrogens is 509 g/mol. The summed E-state index contributed by atoms with van der Waals surface area (Å²) in [5.74, 6) is 1.26. The standard InChI is InChI=1S/C29H31Cl2N3O3/c1-17(2)34-25-14-20(9-8-19(25)15-32-34)29(35)12-10-21(11-13-29)36-16-22-27(33-37-28(22)18-6-7-18)26-23(30)4-3-5-24(26)31/h3-5,8-9,14-15,17-18,21,35H,6-7,10-13,16H2,1-2H3. The highest BCUT2D eigenvalue weighted by atomic mass is 35.5. The zero-order chi connectivity index (χ0) is 25.7. The largest absolute Gasteiger partial charge is 0.385 e. The van der Waals surface area contributed by atoms with E-state index in [9.17, 15) is 5.11 Å². The van der Waals surface area contributed by atoms with Gasteiger partial charge in [0.2, 0.25) is 0 Å². The minimum absolute atomic E-state index is 0.0433. The average Bonchev–Trinajstić information content (AvgIpc) is 3.49. The third-order valence-electron chi connectivity index (χ3n) is 7.81. The first-order valence-electron chi connectivity index (χ1n) is 13.1. The van der Waals surface area contributed by atoms with Crippen LogP contribution < -0.4 is 0 Å². The van der Waals surface area contributed by atoms with E-state index in [2.05, 4.69) is 36.2 Å². The van der Waals surface area contributed by atoms with Gasteiger partial charge in [-0.25, -0.2) is 0 Å². The Kier molecular flexibility index (Phi) is 6.56. The first kappa shape index (κ1) is 24.9. The second-order valence-corrected chi connectivity index (χ2v) is 11.6. The Bertz CT molecular complexity index is 1410. The fourth-order valence-corrected chi connectivity index (χ4v) is 6.09. The van der Waals surface area contributed by atoms with Crippen molar-refractivity contribution in [2.45, 2.75) is 82.6 Å². The highest BCUT2D eigenvalue weighted by molar-refractivity contribution is 6.39. The summed E-state index contributed by atoms with van der Waals surface area (Å²) in [4.78, 5) is 0. The molecule has 0 bridgehead atoms. The quantitative estimate of drug-likeness (QED) is 0.259. The first-order chi connectivity index (χ1) is 17.8. The Morgan fingerprint density at radius 1 is 1.11 bits per heavy atom. The molecule has 0 radical (unpaired) electrons. The molecule has 2 aliphatic carbocycles. The van der Waals surface area contributed by atoms with Crippen molar-refractivity contribution in [1.29, 1.82) is 0 Å². The van der Waals surface area contributed by atoms with Crippen LogP contribution in [0.5, 0.6) is 0 Å². The van der Waals surface area contributed by atoms with Gasteiger partial charge in [0.1, 0.15) is 11.5 Å². The predicted octanol–water partition coefficient (Wildman–Crippen LogP) is 7.80. The smallest absolute Gasteiger partial charge is 0.145 e. The van der Waals surface area contributed by atoms with E-state index in [1.54, 1.807) is 0 Å². The van der Waals surface area contributed by atoms with Crippen LogP contribution in [0.15, 0.2) is 47.1 Å². The van der Waals surface area contributed by atoms with Gasteiger partial charge < -0.3 is 14.4 Å². The Labute approximate surface area is 226 Å². The third-order valence-corrected chi connectivity index (χ3v) is 8.44.